The Kier molecular flexibility index (Phi) is 5.17. The summed E-state index contributed by atoms with van der Waals surface area (Å²) < 4.78 is 35.5. The van der Waals surface area contributed by atoms with Gasteiger partial charge in [-0.2, -0.15) is 8.78 Å². The maximum absolute atomic E-state index is 12.6. The highest BCUT2D eigenvalue weighted by molar-refractivity contribution is 5.33. The van der Waals surface area contributed by atoms with Gasteiger partial charge in [-0.1, -0.05) is 24.6 Å². The fourth-order valence-corrected chi connectivity index (χ4v) is 4.42. The molecule has 128 valence electrons. The van der Waals surface area contributed by atoms with Gasteiger partial charge in [0.1, 0.15) is 5.75 Å². The molecule has 0 N–H and O–H groups in total. The average molecular weight is 325 g/mol. The summed E-state index contributed by atoms with van der Waals surface area (Å²) in [6.45, 7) is -0.145. The van der Waals surface area contributed by atoms with Gasteiger partial charge < -0.3 is 9.47 Å². The topological polar surface area (TPSA) is 21.7 Å². The van der Waals surface area contributed by atoms with Crippen molar-refractivity contribution in [3.8, 4) is 5.75 Å². The van der Waals surface area contributed by atoms with Crippen molar-refractivity contribution in [2.75, 3.05) is 20.2 Å². The lowest BCUT2D eigenvalue weighted by Crippen LogP contribution is -2.47. The van der Waals surface area contributed by atoms with Gasteiger partial charge in [-0.3, -0.25) is 4.90 Å². The van der Waals surface area contributed by atoms with Gasteiger partial charge in [0.05, 0.1) is 6.10 Å². The van der Waals surface area contributed by atoms with Crippen molar-refractivity contribution in [2.45, 2.75) is 51.4 Å². The first-order valence-electron chi connectivity index (χ1n) is 8.41. The third-order valence-electron chi connectivity index (χ3n) is 5.38. The Bertz CT molecular complexity index is 525. The molecule has 0 unspecified atom stereocenters. The van der Waals surface area contributed by atoms with E-state index in [2.05, 4.69) is 9.64 Å². The Morgan fingerprint density at radius 2 is 2.04 bits per heavy atom. The number of likely N-dealkylation sites (tertiary alicyclic amines) is 1. The molecule has 2 atom stereocenters. The third kappa shape index (κ3) is 3.66. The second kappa shape index (κ2) is 7.14. The number of hydrogen-bond donors (Lipinski definition) is 0. The van der Waals surface area contributed by atoms with Crippen LogP contribution in [0.1, 0.15) is 37.7 Å². The summed E-state index contributed by atoms with van der Waals surface area (Å²) in [7, 11) is 1.81. The number of ether oxygens (including phenoxy) is 2. The summed E-state index contributed by atoms with van der Waals surface area (Å²) in [6.07, 6.45) is 6.23. The molecule has 0 radical (unpaired) electrons. The molecular weight excluding hydrogens is 300 g/mol. The first-order valence-corrected chi connectivity index (χ1v) is 8.41. The van der Waals surface area contributed by atoms with Crippen molar-refractivity contribution in [1.29, 1.82) is 0 Å². The van der Waals surface area contributed by atoms with E-state index in [1.54, 1.807) is 12.1 Å². The Labute approximate surface area is 136 Å². The van der Waals surface area contributed by atoms with Gasteiger partial charge in [-0.25, -0.2) is 0 Å². The van der Waals surface area contributed by atoms with Crippen molar-refractivity contribution in [3.63, 3.8) is 0 Å². The molecule has 23 heavy (non-hydrogen) atoms. The van der Waals surface area contributed by atoms with E-state index in [1.165, 1.54) is 19.3 Å². The molecule has 1 heterocycles. The number of para-hydroxylation sites is 1. The molecule has 1 aliphatic heterocycles. The molecule has 1 saturated heterocycles. The number of halogens is 2. The lowest BCUT2D eigenvalue weighted by molar-refractivity contribution is -0.0522. The fraction of sp³-hybridized carbons (Fsp3) is 0.667. The largest absolute Gasteiger partial charge is 0.434 e. The summed E-state index contributed by atoms with van der Waals surface area (Å²) >= 11 is 0. The quantitative estimate of drug-likeness (QED) is 0.814. The lowest BCUT2D eigenvalue weighted by atomic mass is 9.76. The van der Waals surface area contributed by atoms with Crippen LogP contribution in [0.25, 0.3) is 0 Å². The van der Waals surface area contributed by atoms with Crippen LogP contribution in [0, 0.1) is 5.41 Å². The molecule has 1 aromatic carbocycles. The predicted molar refractivity (Wildman–Crippen MR) is 84.7 cm³/mol. The normalized spacial score (nSPS) is 28.6. The van der Waals surface area contributed by atoms with Crippen LogP contribution in [-0.2, 0) is 11.3 Å². The van der Waals surface area contributed by atoms with Crippen LogP contribution in [0.5, 0.6) is 5.75 Å². The van der Waals surface area contributed by atoms with Gasteiger partial charge in [0.25, 0.3) is 0 Å². The summed E-state index contributed by atoms with van der Waals surface area (Å²) in [5.74, 6) is 0.289. The summed E-state index contributed by atoms with van der Waals surface area (Å²) in [4.78, 5) is 2.37. The minimum Gasteiger partial charge on any atom is -0.434 e. The van der Waals surface area contributed by atoms with Crippen LogP contribution in [0.4, 0.5) is 8.78 Å². The number of hydrogen-bond acceptors (Lipinski definition) is 3. The lowest BCUT2D eigenvalue weighted by Gasteiger charge is -2.43. The van der Waals surface area contributed by atoms with Crippen LogP contribution in [-0.4, -0.2) is 37.8 Å². The van der Waals surface area contributed by atoms with Crippen molar-refractivity contribution < 1.29 is 18.3 Å². The zero-order chi connectivity index (χ0) is 16.3. The zero-order valence-corrected chi connectivity index (χ0v) is 13.6. The number of benzene rings is 1. The molecule has 1 aromatic rings. The molecule has 3 rings (SSSR count). The molecule has 0 aromatic heterocycles. The Morgan fingerprint density at radius 3 is 2.83 bits per heavy atom. The van der Waals surface area contributed by atoms with Crippen LogP contribution >= 0.6 is 0 Å². The minimum absolute atomic E-state index is 0.242. The first-order chi connectivity index (χ1) is 11.1. The van der Waals surface area contributed by atoms with Gasteiger partial charge in [0.15, 0.2) is 0 Å². The Morgan fingerprint density at radius 1 is 1.26 bits per heavy atom. The van der Waals surface area contributed by atoms with E-state index in [0.717, 1.165) is 31.5 Å². The summed E-state index contributed by atoms with van der Waals surface area (Å²) in [6, 6.07) is 7.11. The molecule has 0 amide bonds. The smallest absolute Gasteiger partial charge is 0.387 e. The molecule has 1 spiro atoms. The number of rotatable bonds is 5. The molecule has 0 bridgehead atoms. The average Bonchev–Trinajstić information content (AvgIpc) is 2.91. The maximum Gasteiger partial charge on any atom is 0.387 e. The molecule has 2 aliphatic rings. The van der Waals surface area contributed by atoms with Gasteiger partial charge in [-0.05, 0) is 38.3 Å². The maximum atomic E-state index is 12.6. The predicted octanol–water partition coefficient (Wildman–Crippen LogP) is 4.07. The number of nitrogens with zero attached hydrogens (tertiary/aromatic N) is 1. The van der Waals surface area contributed by atoms with Gasteiger partial charge >= 0.3 is 6.61 Å². The second-order valence-electron chi connectivity index (χ2n) is 6.78. The van der Waals surface area contributed by atoms with Crippen LogP contribution in [0.2, 0.25) is 0 Å². The first kappa shape index (κ1) is 16.7. The van der Waals surface area contributed by atoms with Crippen molar-refractivity contribution >= 4 is 0 Å². The Hall–Kier alpha value is -1.20. The van der Waals surface area contributed by atoms with Crippen LogP contribution in [0.15, 0.2) is 24.3 Å². The van der Waals surface area contributed by atoms with E-state index in [9.17, 15) is 8.78 Å². The van der Waals surface area contributed by atoms with Crippen LogP contribution < -0.4 is 4.74 Å². The van der Waals surface area contributed by atoms with Gasteiger partial charge in [0.2, 0.25) is 0 Å². The van der Waals surface area contributed by atoms with Crippen molar-refractivity contribution in [2.24, 2.45) is 5.41 Å². The summed E-state index contributed by atoms with van der Waals surface area (Å²) in [5, 5.41) is 0. The molecular formula is C18H25F2NO2. The number of methoxy groups -OCH3 is 1. The third-order valence-corrected chi connectivity index (χ3v) is 5.38. The van der Waals surface area contributed by atoms with E-state index in [-0.39, 0.29) is 11.2 Å². The highest BCUT2D eigenvalue weighted by Gasteiger charge is 2.45. The molecule has 1 aliphatic carbocycles. The fourth-order valence-electron chi connectivity index (χ4n) is 4.42. The van der Waals surface area contributed by atoms with E-state index >= 15 is 0 Å². The Balaban J connectivity index is 1.71. The van der Waals surface area contributed by atoms with E-state index in [4.69, 9.17) is 4.74 Å². The van der Waals surface area contributed by atoms with E-state index < -0.39 is 6.61 Å². The SMILES string of the molecule is CO[C@@H]1CCC[C@]12CCCN(Cc1ccccc1OC(F)F)C2. The second-order valence-corrected chi connectivity index (χ2v) is 6.78. The van der Waals surface area contributed by atoms with E-state index in [0.29, 0.717) is 12.6 Å². The van der Waals surface area contributed by atoms with Crippen molar-refractivity contribution in [3.05, 3.63) is 29.8 Å². The van der Waals surface area contributed by atoms with Gasteiger partial charge in [0, 0.05) is 31.2 Å². The summed E-state index contributed by atoms with van der Waals surface area (Å²) in [5.41, 5.74) is 1.07. The molecule has 5 heteroatoms. The molecule has 3 nitrogen and oxygen atoms in total. The van der Waals surface area contributed by atoms with E-state index in [1.807, 2.05) is 19.2 Å². The standard InChI is InChI=1S/C18H25F2NO2/c1-22-16-8-4-9-18(16)10-5-11-21(13-18)12-14-6-2-3-7-15(14)23-17(19)20/h2-3,6-7,16-17H,4-5,8-13H2,1H3/t16-,18-/m1/s1. The van der Waals surface area contributed by atoms with Crippen LogP contribution in [0.3, 0.4) is 0 Å². The minimum atomic E-state index is -2.78. The highest BCUT2D eigenvalue weighted by atomic mass is 19.3. The number of alkyl halides is 2. The number of piperidine rings is 1. The zero-order valence-electron chi connectivity index (χ0n) is 13.6. The van der Waals surface area contributed by atoms with Gasteiger partial charge in [-0.15, -0.1) is 0 Å². The monoisotopic (exact) mass is 325 g/mol. The highest BCUT2D eigenvalue weighted by Crippen LogP contribution is 2.46. The molecule has 2 fully saturated rings. The molecule has 1 saturated carbocycles. The van der Waals surface area contributed by atoms with Crippen molar-refractivity contribution in [1.82, 2.24) is 4.90 Å².